The summed E-state index contributed by atoms with van der Waals surface area (Å²) >= 11 is 0. The lowest BCUT2D eigenvalue weighted by molar-refractivity contribution is -0.274. The van der Waals surface area contributed by atoms with Gasteiger partial charge in [0.05, 0.1) is 6.10 Å². The summed E-state index contributed by atoms with van der Waals surface area (Å²) in [5.41, 5.74) is 1.07. The molecule has 3 rings (SSSR count). The van der Waals surface area contributed by atoms with E-state index in [2.05, 4.69) is 4.74 Å². The van der Waals surface area contributed by atoms with Crippen LogP contribution in [0.4, 0.5) is 13.2 Å². The molecule has 0 amide bonds. The average molecular weight is 286 g/mol. The lowest BCUT2D eigenvalue weighted by Crippen LogP contribution is -2.17. The van der Waals surface area contributed by atoms with Gasteiger partial charge in [-0.1, -0.05) is 12.1 Å². The number of rotatable bonds is 2. The van der Waals surface area contributed by atoms with E-state index in [-0.39, 0.29) is 11.9 Å². The maximum absolute atomic E-state index is 12.1. The molecule has 0 radical (unpaired) electrons. The molecular weight excluding hydrogens is 269 g/mol. The molecular formula is C15H17F3O2. The lowest BCUT2D eigenvalue weighted by atomic mass is 9.94. The first-order valence-corrected chi connectivity index (χ1v) is 6.94. The van der Waals surface area contributed by atoms with E-state index in [0.717, 1.165) is 31.2 Å². The number of alkyl halides is 3. The fourth-order valence-corrected chi connectivity index (χ4v) is 3.80. The van der Waals surface area contributed by atoms with Crippen LogP contribution in [-0.2, 0) is 0 Å². The fraction of sp³-hybridized carbons (Fsp3) is 0.600. The molecule has 2 saturated carbocycles. The van der Waals surface area contributed by atoms with Crippen LogP contribution in [0.1, 0.15) is 37.2 Å². The van der Waals surface area contributed by atoms with Crippen LogP contribution in [0, 0.1) is 11.8 Å². The number of hydrogen-bond donors (Lipinski definition) is 1. The molecule has 1 N–H and O–H groups in total. The van der Waals surface area contributed by atoms with Gasteiger partial charge in [-0.15, -0.1) is 13.2 Å². The van der Waals surface area contributed by atoms with Crippen LogP contribution in [-0.4, -0.2) is 17.6 Å². The second-order valence-corrected chi connectivity index (χ2v) is 5.93. The molecule has 3 unspecified atom stereocenters. The van der Waals surface area contributed by atoms with Crippen molar-refractivity contribution in [2.24, 2.45) is 11.8 Å². The van der Waals surface area contributed by atoms with Gasteiger partial charge in [-0.25, -0.2) is 0 Å². The highest BCUT2D eigenvalue weighted by atomic mass is 19.4. The predicted molar refractivity (Wildman–Crippen MR) is 67.3 cm³/mol. The molecule has 1 aromatic carbocycles. The SMILES string of the molecule is OC1CC2CC(c3ccc(OC(F)(F)F)cc3)C[C@H]2C1. The van der Waals surface area contributed by atoms with Crippen molar-refractivity contribution in [3.05, 3.63) is 29.8 Å². The Morgan fingerprint density at radius 3 is 2.00 bits per heavy atom. The number of benzene rings is 1. The second-order valence-electron chi connectivity index (χ2n) is 5.93. The van der Waals surface area contributed by atoms with E-state index in [1.54, 1.807) is 12.1 Å². The van der Waals surface area contributed by atoms with Gasteiger partial charge in [0.1, 0.15) is 5.75 Å². The van der Waals surface area contributed by atoms with E-state index in [0.29, 0.717) is 17.8 Å². The summed E-state index contributed by atoms with van der Waals surface area (Å²) in [6, 6.07) is 6.21. The number of aliphatic hydroxyl groups is 1. The lowest BCUT2D eigenvalue weighted by Gasteiger charge is -2.14. The van der Waals surface area contributed by atoms with Crippen LogP contribution in [0.25, 0.3) is 0 Å². The van der Waals surface area contributed by atoms with Crippen LogP contribution in [0.15, 0.2) is 24.3 Å². The second kappa shape index (κ2) is 4.95. The van der Waals surface area contributed by atoms with Gasteiger partial charge >= 0.3 is 6.36 Å². The quantitative estimate of drug-likeness (QED) is 0.894. The number of halogens is 3. The summed E-state index contributed by atoms with van der Waals surface area (Å²) in [5, 5.41) is 9.61. The van der Waals surface area contributed by atoms with Crippen LogP contribution in [0.2, 0.25) is 0 Å². The van der Waals surface area contributed by atoms with Gasteiger partial charge in [0.25, 0.3) is 0 Å². The van der Waals surface area contributed by atoms with Crippen molar-refractivity contribution in [1.29, 1.82) is 0 Å². The molecule has 1 aromatic rings. The van der Waals surface area contributed by atoms with Gasteiger partial charge in [0, 0.05) is 0 Å². The van der Waals surface area contributed by atoms with Crippen molar-refractivity contribution >= 4 is 0 Å². The summed E-state index contributed by atoms with van der Waals surface area (Å²) in [7, 11) is 0. The minimum Gasteiger partial charge on any atom is -0.406 e. The molecule has 110 valence electrons. The van der Waals surface area contributed by atoms with E-state index >= 15 is 0 Å². The monoisotopic (exact) mass is 286 g/mol. The minimum absolute atomic E-state index is 0.159. The number of ether oxygens (including phenoxy) is 1. The van der Waals surface area contributed by atoms with Crippen LogP contribution in [0.5, 0.6) is 5.75 Å². The van der Waals surface area contributed by atoms with Gasteiger partial charge in [-0.3, -0.25) is 0 Å². The summed E-state index contributed by atoms with van der Waals surface area (Å²) in [4.78, 5) is 0. The third-order valence-corrected chi connectivity index (χ3v) is 4.58. The van der Waals surface area contributed by atoms with Crippen molar-refractivity contribution in [3.63, 3.8) is 0 Å². The van der Waals surface area contributed by atoms with E-state index in [9.17, 15) is 18.3 Å². The Kier molecular flexibility index (Phi) is 3.40. The third kappa shape index (κ3) is 2.92. The molecule has 2 fully saturated rings. The van der Waals surface area contributed by atoms with Crippen LogP contribution < -0.4 is 4.74 Å². The van der Waals surface area contributed by atoms with Gasteiger partial charge < -0.3 is 9.84 Å². The largest absolute Gasteiger partial charge is 0.573 e. The van der Waals surface area contributed by atoms with Crippen molar-refractivity contribution in [2.45, 2.75) is 44.1 Å². The van der Waals surface area contributed by atoms with Crippen molar-refractivity contribution in [2.75, 3.05) is 0 Å². The smallest absolute Gasteiger partial charge is 0.406 e. The fourth-order valence-electron chi connectivity index (χ4n) is 3.80. The van der Waals surface area contributed by atoms with E-state index in [4.69, 9.17) is 0 Å². The van der Waals surface area contributed by atoms with E-state index < -0.39 is 6.36 Å². The Hall–Kier alpha value is -1.23. The molecule has 0 bridgehead atoms. The number of aliphatic hydroxyl groups excluding tert-OH is 1. The average Bonchev–Trinajstić information content (AvgIpc) is 2.84. The van der Waals surface area contributed by atoms with Gasteiger partial charge in [0.15, 0.2) is 0 Å². The topological polar surface area (TPSA) is 29.5 Å². The molecule has 0 aromatic heterocycles. The molecule has 0 heterocycles. The number of hydrogen-bond acceptors (Lipinski definition) is 2. The Balaban J connectivity index is 1.64. The zero-order valence-corrected chi connectivity index (χ0v) is 10.9. The zero-order valence-electron chi connectivity index (χ0n) is 10.9. The highest BCUT2D eigenvalue weighted by molar-refractivity contribution is 5.30. The Morgan fingerprint density at radius 2 is 1.50 bits per heavy atom. The van der Waals surface area contributed by atoms with E-state index in [1.807, 2.05) is 0 Å². The summed E-state index contributed by atoms with van der Waals surface area (Å²) in [6.45, 7) is 0. The molecule has 0 spiro atoms. The molecule has 0 aliphatic heterocycles. The standard InChI is InChI=1S/C15H17F3O2/c16-15(17,18)20-14-3-1-9(2-4-14)10-5-11-7-13(19)8-12(11)6-10/h1-4,10-13,19H,5-8H2/t10?,11-,12?,13?/m0/s1. The first-order valence-electron chi connectivity index (χ1n) is 6.94. The minimum atomic E-state index is -4.64. The van der Waals surface area contributed by atoms with Crippen molar-refractivity contribution < 1.29 is 23.0 Å². The van der Waals surface area contributed by atoms with Crippen LogP contribution >= 0.6 is 0 Å². The highest BCUT2D eigenvalue weighted by Crippen LogP contribution is 2.50. The first kappa shape index (κ1) is 13.7. The van der Waals surface area contributed by atoms with E-state index in [1.165, 1.54) is 12.1 Å². The third-order valence-electron chi connectivity index (χ3n) is 4.58. The normalized spacial score (nSPS) is 33.2. The van der Waals surface area contributed by atoms with Gasteiger partial charge in [0.2, 0.25) is 0 Å². The zero-order chi connectivity index (χ0) is 14.3. The molecule has 5 heteroatoms. The molecule has 20 heavy (non-hydrogen) atoms. The maximum atomic E-state index is 12.1. The summed E-state index contributed by atoms with van der Waals surface area (Å²) in [6.07, 6.45) is -0.995. The van der Waals surface area contributed by atoms with Gasteiger partial charge in [-0.05, 0) is 61.1 Å². The first-order chi connectivity index (χ1) is 9.40. The summed E-state index contributed by atoms with van der Waals surface area (Å²) < 4.78 is 40.1. The van der Waals surface area contributed by atoms with Crippen LogP contribution in [0.3, 0.4) is 0 Å². The predicted octanol–water partition coefficient (Wildman–Crippen LogP) is 3.85. The molecule has 2 aliphatic rings. The molecule has 0 saturated heterocycles. The Morgan fingerprint density at radius 1 is 0.950 bits per heavy atom. The number of fused-ring (bicyclic) bond motifs is 1. The molecule has 2 nitrogen and oxygen atoms in total. The Bertz CT molecular complexity index is 455. The summed E-state index contributed by atoms with van der Waals surface area (Å²) in [5.74, 6) is 1.37. The van der Waals surface area contributed by atoms with Crippen molar-refractivity contribution in [1.82, 2.24) is 0 Å². The molecule has 2 aliphatic carbocycles. The highest BCUT2D eigenvalue weighted by Gasteiger charge is 2.41. The Labute approximate surface area is 115 Å². The maximum Gasteiger partial charge on any atom is 0.573 e. The van der Waals surface area contributed by atoms with Gasteiger partial charge in [-0.2, -0.15) is 0 Å². The van der Waals surface area contributed by atoms with Crippen molar-refractivity contribution in [3.8, 4) is 5.75 Å². The molecule has 4 atom stereocenters.